The van der Waals surface area contributed by atoms with Crippen LogP contribution in [0.3, 0.4) is 0 Å². The normalized spacial score (nSPS) is 11.0. The van der Waals surface area contributed by atoms with Gasteiger partial charge in [0.1, 0.15) is 24.4 Å². The van der Waals surface area contributed by atoms with E-state index in [1.807, 2.05) is 24.3 Å². The Morgan fingerprint density at radius 2 is 1.64 bits per heavy atom. The van der Waals surface area contributed by atoms with Crippen LogP contribution >= 0.6 is 15.9 Å². The van der Waals surface area contributed by atoms with Gasteiger partial charge in [-0.25, -0.2) is 9.13 Å². The van der Waals surface area contributed by atoms with Crippen molar-refractivity contribution in [1.82, 2.24) is 4.57 Å². The van der Waals surface area contributed by atoms with Crippen LogP contribution in [0, 0.1) is 0 Å². The summed E-state index contributed by atoms with van der Waals surface area (Å²) in [5.74, 6) is 0.963. The molecule has 2 aromatic heterocycles. The second kappa shape index (κ2) is 7.94. The van der Waals surface area contributed by atoms with Crippen LogP contribution in [0.2, 0.25) is 0 Å². The third kappa shape index (κ3) is 3.52. The molecule has 5 rings (SSSR count). The molecule has 0 spiro atoms. The number of hydrogen-bond donors (Lipinski definition) is 0. The first kappa shape index (κ1) is 19.0. The van der Waals surface area contributed by atoms with E-state index in [-0.39, 0.29) is 17.0 Å². The van der Waals surface area contributed by atoms with E-state index < -0.39 is 0 Å². The molecule has 2 heterocycles. The summed E-state index contributed by atoms with van der Waals surface area (Å²) in [6.07, 6.45) is 2.18. The number of para-hydroxylation sites is 3. The molecule has 0 radical (unpaired) electrons. The van der Waals surface area contributed by atoms with Crippen LogP contribution in [0.25, 0.3) is 22.0 Å². The van der Waals surface area contributed by atoms with E-state index in [4.69, 9.17) is 4.42 Å². The minimum Gasteiger partial charge on any atom is -1.00 e. The molecule has 3 nitrogen and oxygen atoms in total. The lowest BCUT2D eigenvalue weighted by atomic mass is 10.2. The van der Waals surface area contributed by atoms with E-state index >= 15 is 0 Å². The molecule has 5 aromatic rings. The van der Waals surface area contributed by atoms with Gasteiger partial charge < -0.3 is 21.4 Å². The van der Waals surface area contributed by atoms with E-state index in [2.05, 4.69) is 86.0 Å². The summed E-state index contributed by atoms with van der Waals surface area (Å²) in [6, 6.07) is 27.1. The zero-order chi connectivity index (χ0) is 18.2. The van der Waals surface area contributed by atoms with Crippen LogP contribution in [0.4, 0.5) is 0 Å². The number of nitrogens with zero attached hydrogens (tertiary/aromatic N) is 2. The summed E-state index contributed by atoms with van der Waals surface area (Å²) in [5.41, 5.74) is 4.61. The molecule has 0 bridgehead atoms. The third-order valence-corrected chi connectivity index (χ3v) is 5.65. The van der Waals surface area contributed by atoms with Crippen molar-refractivity contribution >= 4 is 37.9 Å². The van der Waals surface area contributed by atoms with Crippen molar-refractivity contribution in [2.45, 2.75) is 13.1 Å². The maximum atomic E-state index is 6.03. The quantitative estimate of drug-likeness (QED) is 0.350. The van der Waals surface area contributed by atoms with Crippen molar-refractivity contribution in [1.29, 1.82) is 0 Å². The maximum absolute atomic E-state index is 6.03. The minimum absolute atomic E-state index is 0. The van der Waals surface area contributed by atoms with Crippen molar-refractivity contribution in [3.05, 3.63) is 101 Å². The molecule has 0 saturated carbocycles. The zero-order valence-electron chi connectivity index (χ0n) is 15.1. The van der Waals surface area contributed by atoms with Crippen LogP contribution in [-0.2, 0) is 13.1 Å². The first-order valence-corrected chi connectivity index (χ1v) is 9.75. The topological polar surface area (TPSA) is 21.9 Å². The van der Waals surface area contributed by atoms with Gasteiger partial charge in [-0.3, -0.25) is 0 Å². The fourth-order valence-electron chi connectivity index (χ4n) is 3.59. The molecule has 0 unspecified atom stereocenters. The molecule has 0 atom stereocenters. The number of furan rings is 1. The van der Waals surface area contributed by atoms with Crippen LogP contribution in [0.15, 0.2) is 94.1 Å². The van der Waals surface area contributed by atoms with Gasteiger partial charge in [-0.05, 0) is 30.3 Å². The molecule has 0 saturated heterocycles. The largest absolute Gasteiger partial charge is 1.00 e. The Morgan fingerprint density at radius 3 is 2.50 bits per heavy atom. The second-order valence-corrected chi connectivity index (χ2v) is 7.56. The highest BCUT2D eigenvalue weighted by Crippen LogP contribution is 2.22. The lowest BCUT2D eigenvalue weighted by Crippen LogP contribution is -3.00. The van der Waals surface area contributed by atoms with Crippen molar-refractivity contribution in [3.63, 3.8) is 0 Å². The van der Waals surface area contributed by atoms with E-state index in [1.165, 1.54) is 16.6 Å². The summed E-state index contributed by atoms with van der Waals surface area (Å²) >= 11 is 3.66. The fraction of sp³-hybridized carbons (Fsp3) is 0.0870. The molecule has 0 N–H and O–H groups in total. The number of hydrogen-bond acceptors (Lipinski definition) is 1. The molecule has 140 valence electrons. The van der Waals surface area contributed by atoms with Gasteiger partial charge in [0.05, 0.1) is 0 Å². The van der Waals surface area contributed by atoms with Crippen LogP contribution in [0.5, 0.6) is 0 Å². The SMILES string of the molecule is Brc1ccccc1C[n+]1cn(Cc2cc3ccccc3o2)c2ccccc21.[Br-]. The molecular formula is C23H18Br2N2O. The van der Waals surface area contributed by atoms with Crippen molar-refractivity contribution < 1.29 is 26.0 Å². The van der Waals surface area contributed by atoms with Gasteiger partial charge >= 0.3 is 0 Å². The lowest BCUT2D eigenvalue weighted by Gasteiger charge is -2.01. The second-order valence-electron chi connectivity index (χ2n) is 6.70. The average molecular weight is 498 g/mol. The number of aromatic nitrogens is 2. The summed E-state index contributed by atoms with van der Waals surface area (Å²) in [4.78, 5) is 0. The fourth-order valence-corrected chi connectivity index (χ4v) is 4.00. The van der Waals surface area contributed by atoms with Gasteiger partial charge in [0.15, 0.2) is 11.0 Å². The highest BCUT2D eigenvalue weighted by molar-refractivity contribution is 9.10. The molecule has 0 fully saturated rings. The summed E-state index contributed by atoms with van der Waals surface area (Å²) in [7, 11) is 0. The van der Waals surface area contributed by atoms with E-state index in [0.29, 0.717) is 6.54 Å². The first-order chi connectivity index (χ1) is 13.3. The van der Waals surface area contributed by atoms with Gasteiger partial charge in [-0.15, -0.1) is 0 Å². The number of benzene rings is 3. The Labute approximate surface area is 182 Å². The number of fused-ring (bicyclic) bond motifs is 2. The lowest BCUT2D eigenvalue weighted by molar-refractivity contribution is -0.663. The van der Waals surface area contributed by atoms with Gasteiger partial charge in [-0.2, -0.15) is 0 Å². The van der Waals surface area contributed by atoms with E-state index in [9.17, 15) is 0 Å². The standard InChI is InChI=1S/C23H18BrN2O.BrH/c24-20-9-3-1-8-18(20)14-25-16-26(22-11-5-4-10-21(22)25)15-19-13-17-7-2-6-12-23(17)27-19;/h1-13,16H,14-15H2;1H/q+1;/p-1. The Balaban J connectivity index is 0.00000192. The Bertz CT molecular complexity index is 1220. The van der Waals surface area contributed by atoms with Crippen LogP contribution in [-0.4, -0.2) is 4.57 Å². The van der Waals surface area contributed by atoms with Crippen LogP contribution < -0.4 is 21.5 Å². The molecule has 5 heteroatoms. The van der Waals surface area contributed by atoms with Crippen LogP contribution in [0.1, 0.15) is 11.3 Å². The predicted molar refractivity (Wildman–Crippen MR) is 111 cm³/mol. The molecule has 28 heavy (non-hydrogen) atoms. The maximum Gasteiger partial charge on any atom is 0.245 e. The summed E-state index contributed by atoms with van der Waals surface area (Å²) < 4.78 is 11.7. The Kier molecular flexibility index (Phi) is 5.38. The predicted octanol–water partition coefficient (Wildman–Crippen LogP) is 2.54. The summed E-state index contributed by atoms with van der Waals surface area (Å²) in [5, 5.41) is 1.14. The van der Waals surface area contributed by atoms with E-state index in [1.54, 1.807) is 0 Å². The van der Waals surface area contributed by atoms with Crippen molar-refractivity contribution in [3.8, 4) is 0 Å². The smallest absolute Gasteiger partial charge is 0.245 e. The monoisotopic (exact) mass is 496 g/mol. The minimum atomic E-state index is 0. The molecule has 0 aliphatic carbocycles. The average Bonchev–Trinajstić information content (AvgIpc) is 3.25. The molecular weight excluding hydrogens is 480 g/mol. The van der Waals surface area contributed by atoms with Gasteiger partial charge in [0.2, 0.25) is 6.33 Å². The van der Waals surface area contributed by atoms with Gasteiger partial charge in [0, 0.05) is 15.4 Å². The first-order valence-electron chi connectivity index (χ1n) is 8.96. The third-order valence-electron chi connectivity index (χ3n) is 4.88. The van der Waals surface area contributed by atoms with E-state index in [0.717, 1.165) is 27.7 Å². The zero-order valence-corrected chi connectivity index (χ0v) is 18.2. The molecule has 0 amide bonds. The number of imidazole rings is 1. The highest BCUT2D eigenvalue weighted by atomic mass is 79.9. The number of halogens is 2. The van der Waals surface area contributed by atoms with Gasteiger partial charge in [-0.1, -0.05) is 64.5 Å². The molecule has 0 aliphatic heterocycles. The summed E-state index contributed by atoms with van der Waals surface area (Å²) in [6.45, 7) is 1.52. The van der Waals surface area contributed by atoms with Gasteiger partial charge in [0.25, 0.3) is 0 Å². The number of rotatable bonds is 4. The Hall–Kier alpha value is -2.37. The highest BCUT2D eigenvalue weighted by Gasteiger charge is 2.18. The molecule has 0 aliphatic rings. The van der Waals surface area contributed by atoms with Crippen molar-refractivity contribution in [2.24, 2.45) is 0 Å². The Morgan fingerprint density at radius 1 is 0.893 bits per heavy atom. The van der Waals surface area contributed by atoms with Crippen molar-refractivity contribution in [2.75, 3.05) is 0 Å². The molecule has 3 aromatic carbocycles.